The van der Waals surface area contributed by atoms with Crippen LogP contribution in [-0.2, 0) is 6.61 Å². The second kappa shape index (κ2) is 6.98. The van der Waals surface area contributed by atoms with E-state index in [1.165, 1.54) is 17.6 Å². The van der Waals surface area contributed by atoms with Crippen LogP contribution in [0.2, 0.25) is 0 Å². The Morgan fingerprint density at radius 3 is 3.00 bits per heavy atom. The maximum Gasteiger partial charge on any atom is 0.311 e. The third-order valence-electron chi connectivity index (χ3n) is 2.77. The average Bonchev–Trinajstić information content (AvgIpc) is 2.91. The van der Waals surface area contributed by atoms with E-state index in [9.17, 15) is 10.1 Å². The van der Waals surface area contributed by atoms with Crippen molar-refractivity contribution in [3.63, 3.8) is 0 Å². The molecule has 0 fully saturated rings. The molecular formula is C13H16N4O3S. The lowest BCUT2D eigenvalue weighted by molar-refractivity contribution is -0.386. The number of aromatic nitrogens is 2. The first-order valence-corrected chi connectivity index (χ1v) is 7.32. The van der Waals surface area contributed by atoms with Crippen LogP contribution in [-0.4, -0.2) is 21.1 Å². The van der Waals surface area contributed by atoms with E-state index in [4.69, 9.17) is 4.74 Å². The molecule has 1 N–H and O–H groups in total. The molecule has 8 heteroatoms. The van der Waals surface area contributed by atoms with E-state index in [2.05, 4.69) is 21.8 Å². The number of hydrogen-bond acceptors (Lipinski definition) is 7. The fourth-order valence-electron chi connectivity index (χ4n) is 1.71. The van der Waals surface area contributed by atoms with E-state index < -0.39 is 4.92 Å². The predicted octanol–water partition coefficient (Wildman–Crippen LogP) is 3.16. The topological polar surface area (TPSA) is 90.2 Å². The highest BCUT2D eigenvalue weighted by Gasteiger charge is 2.16. The van der Waals surface area contributed by atoms with Gasteiger partial charge in [-0.3, -0.25) is 10.1 Å². The van der Waals surface area contributed by atoms with E-state index in [1.54, 1.807) is 19.1 Å². The van der Waals surface area contributed by atoms with Crippen LogP contribution in [0.3, 0.4) is 0 Å². The Labute approximate surface area is 126 Å². The van der Waals surface area contributed by atoms with Gasteiger partial charge in [-0.2, -0.15) is 0 Å². The second-order valence-electron chi connectivity index (χ2n) is 4.49. The molecule has 112 valence electrons. The van der Waals surface area contributed by atoms with Crippen molar-refractivity contribution in [2.45, 2.75) is 26.9 Å². The summed E-state index contributed by atoms with van der Waals surface area (Å²) in [5.41, 5.74) is 1.43. The zero-order valence-corrected chi connectivity index (χ0v) is 12.6. The average molecular weight is 308 g/mol. The number of anilines is 1. The molecule has 0 aliphatic carbocycles. The molecule has 2 rings (SSSR count). The second-order valence-corrected chi connectivity index (χ2v) is 5.25. The van der Waals surface area contributed by atoms with Gasteiger partial charge in [-0.05, 0) is 25.0 Å². The van der Waals surface area contributed by atoms with E-state index in [0.29, 0.717) is 5.69 Å². The molecule has 1 aromatic heterocycles. The summed E-state index contributed by atoms with van der Waals surface area (Å²) in [6.07, 6.45) is 0.988. The van der Waals surface area contributed by atoms with Crippen LogP contribution in [0.5, 0.6) is 5.75 Å². The van der Waals surface area contributed by atoms with E-state index >= 15 is 0 Å². The summed E-state index contributed by atoms with van der Waals surface area (Å²) >= 11 is 1.25. The van der Waals surface area contributed by atoms with Crippen molar-refractivity contribution in [1.82, 2.24) is 9.59 Å². The van der Waals surface area contributed by atoms with Gasteiger partial charge in [-0.1, -0.05) is 17.5 Å². The van der Waals surface area contributed by atoms with Crippen molar-refractivity contribution in [2.75, 3.05) is 11.9 Å². The highest BCUT2D eigenvalue weighted by Crippen LogP contribution is 2.29. The minimum Gasteiger partial charge on any atom is -0.480 e. The zero-order valence-electron chi connectivity index (χ0n) is 11.8. The summed E-state index contributed by atoms with van der Waals surface area (Å²) < 4.78 is 9.42. The van der Waals surface area contributed by atoms with Gasteiger partial charge in [0.1, 0.15) is 17.3 Å². The van der Waals surface area contributed by atoms with Crippen LogP contribution in [0.1, 0.15) is 24.6 Å². The van der Waals surface area contributed by atoms with Gasteiger partial charge >= 0.3 is 5.69 Å². The van der Waals surface area contributed by atoms with Crippen molar-refractivity contribution >= 4 is 22.2 Å². The molecule has 0 spiro atoms. The molecular weight excluding hydrogens is 292 g/mol. The van der Waals surface area contributed by atoms with E-state index in [0.717, 1.165) is 23.5 Å². The summed E-state index contributed by atoms with van der Waals surface area (Å²) in [7, 11) is 0. The quantitative estimate of drug-likeness (QED) is 0.624. The maximum absolute atomic E-state index is 11.0. The Hall–Kier alpha value is -2.22. The Kier molecular flexibility index (Phi) is 5.04. The van der Waals surface area contributed by atoms with Crippen LogP contribution < -0.4 is 10.1 Å². The highest BCUT2D eigenvalue weighted by atomic mass is 32.1. The van der Waals surface area contributed by atoms with E-state index in [-0.39, 0.29) is 18.0 Å². The van der Waals surface area contributed by atoms with Crippen molar-refractivity contribution in [2.24, 2.45) is 0 Å². The molecule has 0 saturated heterocycles. The van der Waals surface area contributed by atoms with Gasteiger partial charge in [0, 0.05) is 24.1 Å². The molecule has 0 saturated carbocycles. The summed E-state index contributed by atoms with van der Waals surface area (Å²) in [5, 5.41) is 19.1. The standard InChI is InChI=1S/C13H16N4O3S/c1-3-6-14-13-10(15-16-21-13)8-20-12-5-4-9(2)7-11(12)17(18)19/h4-5,7,14H,3,6,8H2,1-2H3. The molecule has 0 atom stereocenters. The molecule has 21 heavy (non-hydrogen) atoms. The van der Waals surface area contributed by atoms with Gasteiger partial charge in [0.05, 0.1) is 4.92 Å². The minimum absolute atomic E-state index is 0.0405. The number of nitrogens with one attached hydrogen (secondary N) is 1. The third kappa shape index (κ3) is 3.88. The molecule has 1 heterocycles. The fourth-order valence-corrected chi connectivity index (χ4v) is 2.31. The SMILES string of the molecule is CCCNc1snnc1COc1ccc(C)cc1[N+](=O)[O-]. The lowest BCUT2D eigenvalue weighted by atomic mass is 10.2. The largest absolute Gasteiger partial charge is 0.480 e. The van der Waals surface area contributed by atoms with Crippen molar-refractivity contribution in [1.29, 1.82) is 0 Å². The molecule has 0 aliphatic rings. The zero-order chi connectivity index (χ0) is 15.2. The Morgan fingerprint density at radius 1 is 1.48 bits per heavy atom. The fraction of sp³-hybridized carbons (Fsp3) is 0.385. The molecule has 7 nitrogen and oxygen atoms in total. The van der Waals surface area contributed by atoms with Gasteiger partial charge in [0.25, 0.3) is 0 Å². The Balaban J connectivity index is 2.10. The first-order valence-electron chi connectivity index (χ1n) is 6.54. The van der Waals surface area contributed by atoms with Gasteiger partial charge in [-0.25, -0.2) is 0 Å². The van der Waals surface area contributed by atoms with Crippen LogP contribution in [0.4, 0.5) is 10.7 Å². The van der Waals surface area contributed by atoms with Crippen molar-refractivity contribution in [3.8, 4) is 5.75 Å². The minimum atomic E-state index is -0.447. The lowest BCUT2D eigenvalue weighted by Gasteiger charge is -2.07. The number of nitrogens with zero attached hydrogens (tertiary/aromatic N) is 3. The van der Waals surface area contributed by atoms with Crippen LogP contribution >= 0.6 is 11.5 Å². The number of rotatable bonds is 7. The lowest BCUT2D eigenvalue weighted by Crippen LogP contribution is -2.04. The smallest absolute Gasteiger partial charge is 0.311 e. The first-order chi connectivity index (χ1) is 10.1. The first kappa shape index (κ1) is 15.2. The summed E-state index contributed by atoms with van der Waals surface area (Å²) in [4.78, 5) is 10.6. The molecule has 0 aliphatic heterocycles. The molecule has 0 radical (unpaired) electrons. The number of ether oxygens (including phenoxy) is 1. The summed E-state index contributed by atoms with van der Waals surface area (Å²) in [6, 6.07) is 4.87. The monoisotopic (exact) mass is 308 g/mol. The molecule has 0 bridgehead atoms. The number of hydrogen-bond donors (Lipinski definition) is 1. The number of aryl methyl sites for hydroxylation is 1. The molecule has 0 amide bonds. The highest BCUT2D eigenvalue weighted by molar-refractivity contribution is 7.10. The maximum atomic E-state index is 11.0. The van der Waals surface area contributed by atoms with E-state index in [1.807, 2.05) is 0 Å². The number of nitro benzene ring substituents is 1. The van der Waals surface area contributed by atoms with Gasteiger partial charge in [0.2, 0.25) is 0 Å². The van der Waals surface area contributed by atoms with Crippen molar-refractivity contribution < 1.29 is 9.66 Å². The molecule has 1 aromatic carbocycles. The van der Waals surface area contributed by atoms with Crippen molar-refractivity contribution in [3.05, 3.63) is 39.6 Å². The van der Waals surface area contributed by atoms with Gasteiger partial charge in [-0.15, -0.1) is 5.10 Å². The number of nitro groups is 1. The number of benzene rings is 1. The summed E-state index contributed by atoms with van der Waals surface area (Å²) in [6.45, 7) is 4.83. The van der Waals surface area contributed by atoms with Gasteiger partial charge in [0.15, 0.2) is 5.75 Å². The Bertz CT molecular complexity index is 630. The molecule has 2 aromatic rings. The predicted molar refractivity (Wildman–Crippen MR) is 80.9 cm³/mol. The van der Waals surface area contributed by atoms with Crippen LogP contribution in [0, 0.1) is 17.0 Å². The normalized spacial score (nSPS) is 10.4. The Morgan fingerprint density at radius 2 is 2.29 bits per heavy atom. The molecule has 0 unspecified atom stereocenters. The summed E-state index contributed by atoms with van der Waals surface area (Å²) in [5.74, 6) is 0.236. The van der Waals surface area contributed by atoms with Gasteiger partial charge < -0.3 is 10.1 Å². The van der Waals surface area contributed by atoms with Crippen LogP contribution in [0.15, 0.2) is 18.2 Å². The van der Waals surface area contributed by atoms with Crippen LogP contribution in [0.25, 0.3) is 0 Å². The third-order valence-corrected chi connectivity index (χ3v) is 3.49.